The predicted octanol–water partition coefficient (Wildman–Crippen LogP) is 3.76. The van der Waals surface area contributed by atoms with Gasteiger partial charge in [-0.3, -0.25) is 19.2 Å². The molecule has 3 aromatic carbocycles. The Kier molecular flexibility index (Phi) is 8.00. The van der Waals surface area contributed by atoms with Gasteiger partial charge in [-0.2, -0.15) is 0 Å². The van der Waals surface area contributed by atoms with Crippen LogP contribution in [0.15, 0.2) is 65.6 Å². The zero-order valence-corrected chi connectivity index (χ0v) is 20.9. The molecular weight excluding hydrogens is 490 g/mol. The third kappa shape index (κ3) is 5.49. The van der Waals surface area contributed by atoms with Gasteiger partial charge in [-0.15, -0.1) is 0 Å². The first-order valence-electron chi connectivity index (χ1n) is 10.5. The Balaban J connectivity index is 2.01. The maximum atomic E-state index is 13.7. The molecule has 0 aliphatic carbocycles. The molecule has 0 atom stereocenters. The van der Waals surface area contributed by atoms with E-state index < -0.39 is 27.4 Å². The number of sulfonamides is 1. The summed E-state index contributed by atoms with van der Waals surface area (Å²) in [6.45, 7) is 0.889. The third-order valence-corrected chi connectivity index (χ3v) is 7.14. The van der Waals surface area contributed by atoms with Gasteiger partial charge in [0.25, 0.3) is 15.7 Å². The number of benzene rings is 3. The van der Waals surface area contributed by atoms with Gasteiger partial charge in [-0.25, -0.2) is 8.42 Å². The summed E-state index contributed by atoms with van der Waals surface area (Å²) in [6, 6.07) is 14.5. The number of nitrogens with zero attached hydrogens (tertiary/aromatic N) is 2. The van der Waals surface area contributed by atoms with E-state index in [0.29, 0.717) is 11.5 Å². The predicted molar refractivity (Wildman–Crippen MR) is 134 cm³/mol. The van der Waals surface area contributed by atoms with Gasteiger partial charge in [0.1, 0.15) is 12.3 Å². The largest absolute Gasteiger partial charge is 0.497 e. The van der Waals surface area contributed by atoms with Crippen molar-refractivity contribution in [2.24, 2.45) is 0 Å². The fraction of sp³-hybridized carbons (Fsp3) is 0.208. The Morgan fingerprint density at radius 2 is 1.64 bits per heavy atom. The number of rotatable bonds is 10. The van der Waals surface area contributed by atoms with Crippen LogP contribution in [0.25, 0.3) is 0 Å². The summed E-state index contributed by atoms with van der Waals surface area (Å²) in [4.78, 5) is 23.5. The number of nitro groups is 1. The van der Waals surface area contributed by atoms with Crippen LogP contribution in [0.1, 0.15) is 5.56 Å². The molecule has 0 radical (unpaired) electrons. The Morgan fingerprint density at radius 1 is 0.972 bits per heavy atom. The molecule has 12 heteroatoms. The number of carbonyl (C=O) groups is 1. The molecule has 0 saturated heterocycles. The van der Waals surface area contributed by atoms with Crippen LogP contribution in [0.5, 0.6) is 17.2 Å². The molecule has 1 N–H and O–H groups in total. The minimum atomic E-state index is -4.26. The van der Waals surface area contributed by atoms with Crippen LogP contribution in [0, 0.1) is 17.0 Å². The number of methoxy groups -OCH3 is 3. The molecule has 0 heterocycles. The Morgan fingerprint density at radius 3 is 2.22 bits per heavy atom. The molecule has 0 fully saturated rings. The quantitative estimate of drug-likeness (QED) is 0.318. The van der Waals surface area contributed by atoms with Gasteiger partial charge in [0, 0.05) is 12.1 Å². The molecule has 0 bridgehead atoms. The van der Waals surface area contributed by atoms with Crippen molar-refractivity contribution < 1.29 is 32.3 Å². The molecule has 11 nitrogen and oxygen atoms in total. The second-order valence-corrected chi connectivity index (χ2v) is 9.34. The lowest BCUT2D eigenvalue weighted by atomic mass is 10.1. The number of ether oxygens (including phenoxy) is 3. The van der Waals surface area contributed by atoms with Crippen molar-refractivity contribution in [1.29, 1.82) is 0 Å². The van der Waals surface area contributed by atoms with E-state index in [1.807, 2.05) is 0 Å². The molecule has 0 aliphatic rings. The number of carbonyl (C=O) groups excluding carboxylic acids is 1. The van der Waals surface area contributed by atoms with Gasteiger partial charge in [0.2, 0.25) is 5.91 Å². The average Bonchev–Trinajstić information content (AvgIpc) is 2.87. The lowest BCUT2D eigenvalue weighted by molar-refractivity contribution is -0.385. The second kappa shape index (κ2) is 11.0. The van der Waals surface area contributed by atoms with Gasteiger partial charge >= 0.3 is 0 Å². The van der Waals surface area contributed by atoms with Crippen molar-refractivity contribution in [1.82, 2.24) is 0 Å². The molecule has 0 aromatic heterocycles. The summed E-state index contributed by atoms with van der Waals surface area (Å²) in [5.74, 6) is 0.341. The monoisotopic (exact) mass is 515 g/mol. The lowest BCUT2D eigenvalue weighted by Crippen LogP contribution is -2.38. The molecule has 0 aliphatic heterocycles. The van der Waals surface area contributed by atoms with Crippen molar-refractivity contribution in [2.75, 3.05) is 37.5 Å². The van der Waals surface area contributed by atoms with Crippen LogP contribution in [0.4, 0.5) is 17.1 Å². The summed E-state index contributed by atoms with van der Waals surface area (Å²) >= 11 is 0. The highest BCUT2D eigenvalue weighted by molar-refractivity contribution is 7.92. The zero-order valence-electron chi connectivity index (χ0n) is 20.0. The molecule has 0 unspecified atom stereocenters. The molecule has 1 amide bonds. The standard InChI is InChI=1S/C24H25N3O8S/c1-16-20(6-5-7-21(16)27(29)30)25-24(28)15-26(17-8-10-18(33-2)11-9-17)36(31,32)19-12-13-22(34-3)23(14-19)35-4/h5-14H,15H2,1-4H3,(H,25,28). The summed E-state index contributed by atoms with van der Waals surface area (Å²) in [7, 11) is 0.0175. The number of nitrogens with one attached hydrogen (secondary N) is 1. The molecular formula is C24H25N3O8S. The molecule has 0 saturated carbocycles. The van der Waals surface area contributed by atoms with Crippen molar-refractivity contribution in [3.05, 3.63) is 76.3 Å². The Labute approximate surface area is 208 Å². The maximum Gasteiger partial charge on any atom is 0.274 e. The van der Waals surface area contributed by atoms with E-state index >= 15 is 0 Å². The second-order valence-electron chi connectivity index (χ2n) is 7.48. The first-order valence-corrected chi connectivity index (χ1v) is 12.0. The van der Waals surface area contributed by atoms with Gasteiger partial charge in [-0.05, 0) is 49.4 Å². The maximum absolute atomic E-state index is 13.7. The number of hydrogen-bond acceptors (Lipinski definition) is 8. The van der Waals surface area contributed by atoms with Gasteiger partial charge in [0.15, 0.2) is 11.5 Å². The smallest absolute Gasteiger partial charge is 0.274 e. The number of amides is 1. The summed E-state index contributed by atoms with van der Waals surface area (Å²) in [5, 5.41) is 13.8. The minimum absolute atomic E-state index is 0.129. The zero-order chi connectivity index (χ0) is 26.5. The van der Waals surface area contributed by atoms with E-state index in [9.17, 15) is 23.3 Å². The van der Waals surface area contributed by atoms with Crippen LogP contribution < -0.4 is 23.8 Å². The summed E-state index contributed by atoms with van der Waals surface area (Å²) in [6.07, 6.45) is 0. The number of nitro benzene ring substituents is 1. The SMILES string of the molecule is COc1ccc(N(CC(=O)Nc2cccc([N+](=O)[O-])c2C)S(=O)(=O)c2ccc(OC)c(OC)c2)cc1. The van der Waals surface area contributed by atoms with E-state index in [0.717, 1.165) is 4.31 Å². The fourth-order valence-electron chi connectivity index (χ4n) is 3.44. The van der Waals surface area contributed by atoms with E-state index in [4.69, 9.17) is 14.2 Å². The van der Waals surface area contributed by atoms with Crippen molar-refractivity contribution in [3.63, 3.8) is 0 Å². The normalized spacial score (nSPS) is 10.9. The third-order valence-electron chi connectivity index (χ3n) is 5.37. The molecule has 0 spiro atoms. The summed E-state index contributed by atoms with van der Waals surface area (Å²) < 4.78 is 43.9. The Hall–Kier alpha value is -4.32. The highest BCUT2D eigenvalue weighted by atomic mass is 32.2. The Bertz CT molecular complexity index is 1370. The van der Waals surface area contributed by atoms with Crippen LogP contribution in [-0.4, -0.2) is 47.1 Å². The van der Waals surface area contributed by atoms with Crippen molar-refractivity contribution in [3.8, 4) is 17.2 Å². The van der Waals surface area contributed by atoms with Crippen LogP contribution in [0.2, 0.25) is 0 Å². The van der Waals surface area contributed by atoms with E-state index in [1.165, 1.54) is 76.8 Å². The molecule has 3 aromatic rings. The van der Waals surface area contributed by atoms with E-state index in [-0.39, 0.29) is 33.3 Å². The first kappa shape index (κ1) is 26.3. The van der Waals surface area contributed by atoms with Crippen molar-refractivity contribution in [2.45, 2.75) is 11.8 Å². The highest BCUT2D eigenvalue weighted by Gasteiger charge is 2.29. The van der Waals surface area contributed by atoms with Crippen molar-refractivity contribution >= 4 is 33.0 Å². The summed E-state index contributed by atoms with van der Waals surface area (Å²) in [5.41, 5.74) is 0.483. The lowest BCUT2D eigenvalue weighted by Gasteiger charge is -2.25. The van der Waals surface area contributed by atoms with E-state index in [2.05, 4.69) is 5.32 Å². The van der Waals surface area contributed by atoms with Crippen LogP contribution >= 0.6 is 0 Å². The van der Waals surface area contributed by atoms with E-state index in [1.54, 1.807) is 12.1 Å². The van der Waals surface area contributed by atoms with Crippen LogP contribution in [-0.2, 0) is 14.8 Å². The molecule has 36 heavy (non-hydrogen) atoms. The number of anilines is 2. The number of hydrogen-bond donors (Lipinski definition) is 1. The molecule has 190 valence electrons. The average molecular weight is 516 g/mol. The van der Waals surface area contributed by atoms with Crippen LogP contribution in [0.3, 0.4) is 0 Å². The van der Waals surface area contributed by atoms with Gasteiger partial charge < -0.3 is 19.5 Å². The highest BCUT2D eigenvalue weighted by Crippen LogP contribution is 2.33. The molecule has 3 rings (SSSR count). The minimum Gasteiger partial charge on any atom is -0.497 e. The van der Waals surface area contributed by atoms with Gasteiger partial charge in [-0.1, -0.05) is 6.07 Å². The topological polar surface area (TPSA) is 137 Å². The fourth-order valence-corrected chi connectivity index (χ4v) is 4.88. The first-order chi connectivity index (χ1) is 17.1. The van der Waals surface area contributed by atoms with Gasteiger partial charge in [0.05, 0.1) is 48.1 Å².